The maximum atomic E-state index is 13.4. The van der Waals surface area contributed by atoms with E-state index in [2.05, 4.69) is 36.8 Å². The smallest absolute Gasteiger partial charge is 0.305 e. The Morgan fingerprint density at radius 2 is 1.63 bits per heavy atom. The van der Waals surface area contributed by atoms with Crippen molar-refractivity contribution < 1.29 is 19.1 Å². The lowest BCUT2D eigenvalue weighted by Crippen LogP contribution is -2.09. The zero-order valence-corrected chi connectivity index (χ0v) is 24.5. The number of aromatic nitrogens is 4. The van der Waals surface area contributed by atoms with Crippen LogP contribution in [0, 0.1) is 13.8 Å². The summed E-state index contributed by atoms with van der Waals surface area (Å²) >= 11 is 0. The van der Waals surface area contributed by atoms with Gasteiger partial charge in [0.1, 0.15) is 0 Å². The first-order valence-electron chi connectivity index (χ1n) is 14.5. The van der Waals surface area contributed by atoms with Crippen LogP contribution in [0.3, 0.4) is 0 Å². The Morgan fingerprint density at radius 3 is 2.34 bits per heavy atom. The molecule has 2 aliphatic heterocycles. The minimum Gasteiger partial charge on any atom is -0.469 e. The first kappa shape index (κ1) is 27.1. The van der Waals surface area contributed by atoms with E-state index in [1.807, 2.05) is 26.0 Å². The van der Waals surface area contributed by atoms with Crippen LogP contribution in [-0.2, 0) is 16.0 Å². The van der Waals surface area contributed by atoms with Crippen LogP contribution in [0.15, 0.2) is 18.2 Å². The van der Waals surface area contributed by atoms with Crippen molar-refractivity contribution in [3.8, 4) is 0 Å². The fourth-order valence-corrected chi connectivity index (χ4v) is 7.04. The normalized spacial score (nSPS) is 21.4. The van der Waals surface area contributed by atoms with Crippen LogP contribution >= 0.6 is 0 Å². The second kappa shape index (κ2) is 10.1. The number of nitrogens with zero attached hydrogens (tertiary/aromatic N) is 2. The topological polar surface area (TPSA) is 118 Å². The quantitative estimate of drug-likeness (QED) is 0.271. The van der Waals surface area contributed by atoms with Gasteiger partial charge in [-0.1, -0.05) is 20.8 Å². The van der Waals surface area contributed by atoms with Crippen molar-refractivity contribution in [2.75, 3.05) is 7.11 Å². The van der Waals surface area contributed by atoms with Crippen LogP contribution in [0.5, 0.6) is 0 Å². The van der Waals surface area contributed by atoms with E-state index in [0.717, 1.165) is 79.8 Å². The molecule has 0 unspecified atom stereocenters. The van der Waals surface area contributed by atoms with Crippen molar-refractivity contribution in [1.29, 1.82) is 0 Å². The number of aldehydes is 1. The van der Waals surface area contributed by atoms with Crippen molar-refractivity contribution in [2.45, 2.75) is 84.0 Å². The number of esters is 1. The third-order valence-electron chi connectivity index (χ3n) is 9.58. The lowest BCUT2D eigenvalue weighted by molar-refractivity contribution is -0.140. The zero-order valence-electron chi connectivity index (χ0n) is 24.5. The molecule has 3 aromatic rings. The highest BCUT2D eigenvalue weighted by Gasteiger charge is 2.36. The number of hydrogen-bond donors (Lipinski definition) is 2. The molecule has 5 heterocycles. The van der Waals surface area contributed by atoms with Crippen LogP contribution in [0.4, 0.5) is 0 Å². The van der Waals surface area contributed by atoms with Gasteiger partial charge in [0.25, 0.3) is 0 Å². The van der Waals surface area contributed by atoms with Gasteiger partial charge in [0.15, 0.2) is 12.1 Å². The summed E-state index contributed by atoms with van der Waals surface area (Å²) in [7, 11) is 1.40. The maximum Gasteiger partial charge on any atom is 0.305 e. The Morgan fingerprint density at radius 1 is 0.976 bits per heavy atom. The highest BCUT2D eigenvalue weighted by molar-refractivity contribution is 6.13. The van der Waals surface area contributed by atoms with E-state index in [1.165, 1.54) is 7.11 Å². The Hall–Kier alpha value is -4.07. The van der Waals surface area contributed by atoms with Gasteiger partial charge in [0.2, 0.25) is 0 Å². The summed E-state index contributed by atoms with van der Waals surface area (Å²) in [6, 6.07) is 6.10. The Bertz CT molecular complexity index is 1780. The predicted molar refractivity (Wildman–Crippen MR) is 158 cm³/mol. The molecule has 0 saturated heterocycles. The molecule has 0 amide bonds. The number of aryl methyl sites for hydroxylation is 2. The number of ketones is 1. The van der Waals surface area contributed by atoms with Crippen molar-refractivity contribution in [3.05, 3.63) is 68.8 Å². The van der Waals surface area contributed by atoms with Crippen LogP contribution in [0.25, 0.3) is 22.1 Å². The third kappa shape index (κ3) is 4.23. The molecule has 6 rings (SSSR count). The minimum atomic E-state index is -0.266. The molecule has 212 valence electrons. The molecule has 0 saturated carbocycles. The average molecular weight is 553 g/mol. The van der Waals surface area contributed by atoms with Gasteiger partial charge in [-0.3, -0.25) is 24.4 Å². The summed E-state index contributed by atoms with van der Waals surface area (Å²) in [5, 5.41) is 0. The molecule has 8 heteroatoms. The van der Waals surface area contributed by atoms with Gasteiger partial charge in [0, 0.05) is 81.3 Å². The summed E-state index contributed by atoms with van der Waals surface area (Å²) in [6.45, 7) is 10.4. The van der Waals surface area contributed by atoms with Crippen LogP contribution in [0.2, 0.25) is 0 Å². The maximum absolute atomic E-state index is 13.4. The van der Waals surface area contributed by atoms with Gasteiger partial charge in [-0.05, 0) is 56.0 Å². The van der Waals surface area contributed by atoms with Gasteiger partial charge < -0.3 is 14.7 Å². The number of hydrogen-bond acceptors (Lipinski definition) is 6. The van der Waals surface area contributed by atoms with Crippen molar-refractivity contribution in [1.82, 2.24) is 19.9 Å². The van der Waals surface area contributed by atoms with Crippen LogP contribution in [0.1, 0.15) is 124 Å². The van der Waals surface area contributed by atoms with Gasteiger partial charge in [-0.25, -0.2) is 0 Å². The molecule has 8 bridgehead atoms. The molecule has 3 aromatic heterocycles. The van der Waals surface area contributed by atoms with E-state index >= 15 is 0 Å². The number of aromatic amines is 2. The minimum absolute atomic E-state index is 0.00447. The number of Topliss-reactive ketones (excluding diaryl/α,β-unsaturated/α-hetero) is 1. The second-order valence-corrected chi connectivity index (χ2v) is 11.7. The molecule has 0 fully saturated rings. The highest BCUT2D eigenvalue weighted by atomic mass is 16.5. The molecule has 2 N–H and O–H groups in total. The average Bonchev–Trinajstić information content (AvgIpc) is 3.70. The Balaban J connectivity index is 1.73. The lowest BCUT2D eigenvalue weighted by atomic mass is 9.85. The number of fused-ring (bicyclic) bond motifs is 8. The zero-order chi connectivity index (χ0) is 29.2. The van der Waals surface area contributed by atoms with Crippen molar-refractivity contribution in [3.63, 3.8) is 0 Å². The van der Waals surface area contributed by atoms with Crippen molar-refractivity contribution in [2.24, 2.45) is 0 Å². The molecular formula is C33H36N4O4. The van der Waals surface area contributed by atoms with Crippen LogP contribution in [-0.4, -0.2) is 45.1 Å². The fraction of sp³-hybridized carbons (Fsp3) is 0.424. The van der Waals surface area contributed by atoms with E-state index in [9.17, 15) is 14.4 Å². The molecule has 0 radical (unpaired) electrons. The Kier molecular flexibility index (Phi) is 6.67. The summed E-state index contributed by atoms with van der Waals surface area (Å²) in [5.41, 5.74) is 10.9. The molecule has 8 nitrogen and oxygen atoms in total. The Labute approximate surface area is 239 Å². The SMILES string of the molecule is CC[C@H]1c2cc3[nH]c4c(c5nc(cc6[nH]c(cc(n2)[C@@H]1C)c(C=O)c6C)[C@@H](C)[C@@H]5CCC(=O)OC)CC(=O)c4c3C. The number of rotatable bonds is 5. The largest absolute Gasteiger partial charge is 0.469 e. The van der Waals surface area contributed by atoms with E-state index in [4.69, 9.17) is 14.7 Å². The number of methoxy groups -OCH3 is 1. The molecule has 1 aliphatic carbocycles. The predicted octanol–water partition coefficient (Wildman–Crippen LogP) is 6.62. The first-order valence-corrected chi connectivity index (χ1v) is 14.5. The number of carbonyl (C=O) groups is 3. The third-order valence-corrected chi connectivity index (χ3v) is 9.58. The fourth-order valence-electron chi connectivity index (χ4n) is 7.04. The molecular weight excluding hydrogens is 516 g/mol. The lowest BCUT2D eigenvalue weighted by Gasteiger charge is -2.16. The monoisotopic (exact) mass is 552 g/mol. The van der Waals surface area contributed by atoms with E-state index in [-0.39, 0.29) is 48.3 Å². The highest BCUT2D eigenvalue weighted by Crippen LogP contribution is 2.45. The standard InChI is InChI=1S/C33H36N4O4/c1-7-19-15(2)24-12-28-22(14-38)17(4)23(35-28)11-25-16(3)20(8-9-30(40)41-6)32(36-25)21-10-29(39)31-18(5)26(37-33(21)31)13-27(19)34-24/h11-16,19-20,35,37H,7-10H2,1-6H3/t15-,16+,19-,20+/m1/s1. The summed E-state index contributed by atoms with van der Waals surface area (Å²) < 4.78 is 4.94. The molecule has 4 atom stereocenters. The molecule has 0 spiro atoms. The summed E-state index contributed by atoms with van der Waals surface area (Å²) in [6.07, 6.45) is 2.92. The van der Waals surface area contributed by atoms with Crippen molar-refractivity contribution >= 4 is 40.1 Å². The molecule has 0 aromatic carbocycles. The van der Waals surface area contributed by atoms with E-state index in [1.54, 1.807) is 0 Å². The number of H-pyrrole nitrogens is 2. The van der Waals surface area contributed by atoms with Gasteiger partial charge in [-0.2, -0.15) is 0 Å². The number of carbonyl (C=O) groups excluding carboxylic acids is 3. The van der Waals surface area contributed by atoms with Gasteiger partial charge in [0.05, 0.1) is 23.8 Å². The van der Waals surface area contributed by atoms with Gasteiger partial charge >= 0.3 is 5.97 Å². The van der Waals surface area contributed by atoms with Gasteiger partial charge in [-0.15, -0.1) is 0 Å². The van der Waals surface area contributed by atoms with E-state index < -0.39 is 0 Å². The molecule has 41 heavy (non-hydrogen) atoms. The summed E-state index contributed by atoms with van der Waals surface area (Å²) in [4.78, 5) is 55.0. The van der Waals surface area contributed by atoms with E-state index in [0.29, 0.717) is 12.0 Å². The summed E-state index contributed by atoms with van der Waals surface area (Å²) in [5.74, 6) is 0.143. The van der Waals surface area contributed by atoms with Crippen LogP contribution < -0.4 is 0 Å². The first-order chi connectivity index (χ1) is 19.7. The number of nitrogens with one attached hydrogen (secondary N) is 2. The number of ether oxygens (including phenoxy) is 1. The molecule has 3 aliphatic rings. The second-order valence-electron chi connectivity index (χ2n) is 11.7.